The van der Waals surface area contributed by atoms with Crippen LogP contribution < -0.4 is 10.1 Å². The third kappa shape index (κ3) is 4.39. The first-order chi connectivity index (χ1) is 9.13. The van der Waals surface area contributed by atoms with Crippen LogP contribution in [0.5, 0.6) is 5.75 Å². The molecule has 5 heteroatoms. The number of aliphatic hydroxyl groups excluding tert-OH is 1. The molecule has 0 aliphatic heterocycles. The Bertz CT molecular complexity index is 486. The Balaban J connectivity index is 2.71. The van der Waals surface area contributed by atoms with Crippen molar-refractivity contribution in [3.8, 4) is 5.75 Å². The van der Waals surface area contributed by atoms with Crippen LogP contribution in [0.15, 0.2) is 18.2 Å². The predicted octanol–water partition coefficient (Wildman–Crippen LogP) is 2.69. The van der Waals surface area contributed by atoms with Crippen molar-refractivity contribution in [1.82, 2.24) is 5.32 Å². The zero-order valence-corrected chi connectivity index (χ0v) is 13.3. The fourth-order valence-electron chi connectivity index (χ4n) is 1.51. The third-order valence-corrected chi connectivity index (χ3v) is 3.53. The minimum Gasteiger partial charge on any atom is -0.481 e. The van der Waals surface area contributed by atoms with Gasteiger partial charge in [0.25, 0.3) is 5.91 Å². The highest BCUT2D eigenvalue weighted by Gasteiger charge is 2.28. The minimum atomic E-state index is -0.705. The van der Waals surface area contributed by atoms with E-state index in [-0.39, 0.29) is 5.91 Å². The number of ether oxygens (including phenoxy) is 1. The summed E-state index contributed by atoms with van der Waals surface area (Å²) in [6.07, 6.45) is -1.32. The quantitative estimate of drug-likeness (QED) is 0.879. The Morgan fingerprint density at radius 3 is 2.50 bits per heavy atom. The largest absolute Gasteiger partial charge is 0.481 e. The van der Waals surface area contributed by atoms with Crippen LogP contribution in [0.2, 0.25) is 5.02 Å². The van der Waals surface area contributed by atoms with Crippen LogP contribution in [0.4, 0.5) is 0 Å². The second kappa shape index (κ2) is 6.46. The van der Waals surface area contributed by atoms with Crippen molar-refractivity contribution in [2.45, 2.75) is 52.4 Å². The molecule has 0 heterocycles. The maximum atomic E-state index is 12.1. The number of aryl methyl sites for hydroxylation is 1. The van der Waals surface area contributed by atoms with Crippen molar-refractivity contribution < 1.29 is 14.6 Å². The Morgan fingerprint density at radius 2 is 2.00 bits per heavy atom. The molecule has 1 rings (SSSR count). The number of aliphatic hydroxyl groups is 1. The van der Waals surface area contributed by atoms with Gasteiger partial charge >= 0.3 is 0 Å². The number of halogens is 1. The maximum absolute atomic E-state index is 12.1. The van der Waals surface area contributed by atoms with Gasteiger partial charge in [0.1, 0.15) is 5.75 Å². The summed E-state index contributed by atoms with van der Waals surface area (Å²) in [5.74, 6) is 0.345. The lowest BCUT2D eigenvalue weighted by molar-refractivity contribution is -0.130. The normalized spacial score (nSPS) is 14.6. The van der Waals surface area contributed by atoms with Gasteiger partial charge in [0, 0.05) is 5.02 Å². The minimum absolute atomic E-state index is 0.273. The van der Waals surface area contributed by atoms with E-state index < -0.39 is 17.7 Å². The van der Waals surface area contributed by atoms with E-state index in [0.29, 0.717) is 10.8 Å². The molecule has 0 aliphatic rings. The number of amides is 1. The second-order valence-corrected chi connectivity index (χ2v) is 5.99. The van der Waals surface area contributed by atoms with Crippen LogP contribution in [-0.2, 0) is 4.79 Å². The van der Waals surface area contributed by atoms with Crippen molar-refractivity contribution in [2.24, 2.45) is 0 Å². The van der Waals surface area contributed by atoms with Gasteiger partial charge in [-0.15, -0.1) is 0 Å². The van der Waals surface area contributed by atoms with E-state index >= 15 is 0 Å². The number of hydrogen-bond donors (Lipinski definition) is 2. The molecule has 1 amide bonds. The van der Waals surface area contributed by atoms with E-state index in [0.717, 1.165) is 5.56 Å². The van der Waals surface area contributed by atoms with Crippen molar-refractivity contribution in [3.05, 3.63) is 28.8 Å². The molecule has 112 valence electrons. The molecule has 2 N–H and O–H groups in total. The average molecular weight is 300 g/mol. The average Bonchev–Trinajstić information content (AvgIpc) is 2.31. The van der Waals surface area contributed by atoms with Crippen LogP contribution in [-0.4, -0.2) is 28.8 Å². The van der Waals surface area contributed by atoms with Gasteiger partial charge in [-0.3, -0.25) is 4.79 Å². The predicted molar refractivity (Wildman–Crippen MR) is 80.2 cm³/mol. The first-order valence-electron chi connectivity index (χ1n) is 6.56. The fraction of sp³-hybridized carbons (Fsp3) is 0.533. The first-order valence-corrected chi connectivity index (χ1v) is 6.94. The Labute approximate surface area is 125 Å². The van der Waals surface area contributed by atoms with E-state index in [2.05, 4.69) is 5.32 Å². The number of rotatable bonds is 5. The number of benzene rings is 1. The number of carbonyl (C=O) groups is 1. The van der Waals surface area contributed by atoms with Crippen LogP contribution in [0.1, 0.15) is 33.3 Å². The topological polar surface area (TPSA) is 58.6 Å². The Hall–Kier alpha value is -1.26. The zero-order chi connectivity index (χ0) is 15.5. The van der Waals surface area contributed by atoms with Crippen LogP contribution in [0, 0.1) is 6.92 Å². The molecule has 1 aromatic rings. The summed E-state index contributed by atoms with van der Waals surface area (Å²) >= 11 is 5.88. The van der Waals surface area contributed by atoms with Crippen LogP contribution in [0.25, 0.3) is 0 Å². The smallest absolute Gasteiger partial charge is 0.261 e. The molecule has 0 spiro atoms. The maximum Gasteiger partial charge on any atom is 0.261 e. The molecule has 0 saturated carbocycles. The van der Waals surface area contributed by atoms with Gasteiger partial charge in [0.2, 0.25) is 0 Å². The number of carbonyl (C=O) groups excluding carboxylic acids is 1. The summed E-state index contributed by atoms with van der Waals surface area (Å²) in [4.78, 5) is 12.1. The molecule has 0 aromatic heterocycles. The summed E-state index contributed by atoms with van der Waals surface area (Å²) in [7, 11) is 0. The molecular formula is C15H22ClNO3. The van der Waals surface area contributed by atoms with Crippen molar-refractivity contribution in [1.29, 1.82) is 0 Å². The first kappa shape index (κ1) is 16.8. The zero-order valence-electron chi connectivity index (χ0n) is 12.5. The van der Waals surface area contributed by atoms with Gasteiger partial charge in [0.15, 0.2) is 6.10 Å². The molecule has 1 aromatic carbocycles. The van der Waals surface area contributed by atoms with E-state index in [4.69, 9.17) is 16.3 Å². The van der Waals surface area contributed by atoms with E-state index in [1.165, 1.54) is 0 Å². The molecule has 0 saturated heterocycles. The van der Waals surface area contributed by atoms with Gasteiger partial charge < -0.3 is 15.2 Å². The molecule has 0 aliphatic carbocycles. The summed E-state index contributed by atoms with van der Waals surface area (Å²) in [5, 5.41) is 13.0. The highest BCUT2D eigenvalue weighted by molar-refractivity contribution is 6.30. The van der Waals surface area contributed by atoms with Crippen molar-refractivity contribution in [2.75, 3.05) is 0 Å². The highest BCUT2D eigenvalue weighted by Crippen LogP contribution is 2.23. The van der Waals surface area contributed by atoms with Crippen LogP contribution >= 0.6 is 11.6 Å². The Morgan fingerprint density at radius 1 is 1.40 bits per heavy atom. The second-order valence-electron chi connectivity index (χ2n) is 5.56. The number of hydrogen-bond acceptors (Lipinski definition) is 3. The standard InChI is InChI=1S/C15H22ClNO3/c1-9-8-12(16)6-7-13(9)20-10(2)14(19)17-15(4,5)11(3)18/h6-8,10-11,18H,1-5H3,(H,17,19). The SMILES string of the molecule is Cc1cc(Cl)ccc1OC(C)C(=O)NC(C)(C)C(C)O. The van der Waals surface area contributed by atoms with Gasteiger partial charge in [0.05, 0.1) is 11.6 Å². The summed E-state index contributed by atoms with van der Waals surface area (Å²) in [6.45, 7) is 8.69. The summed E-state index contributed by atoms with van der Waals surface area (Å²) < 4.78 is 5.64. The van der Waals surface area contributed by atoms with E-state index in [9.17, 15) is 9.90 Å². The molecule has 2 atom stereocenters. The lowest BCUT2D eigenvalue weighted by atomic mass is 9.98. The van der Waals surface area contributed by atoms with E-state index in [1.807, 2.05) is 6.92 Å². The highest BCUT2D eigenvalue weighted by atomic mass is 35.5. The van der Waals surface area contributed by atoms with Gasteiger partial charge in [-0.1, -0.05) is 11.6 Å². The molecule has 20 heavy (non-hydrogen) atoms. The lowest BCUT2D eigenvalue weighted by Crippen LogP contribution is -2.54. The molecule has 0 bridgehead atoms. The lowest BCUT2D eigenvalue weighted by Gasteiger charge is -2.30. The molecule has 4 nitrogen and oxygen atoms in total. The molecule has 0 radical (unpaired) electrons. The van der Waals surface area contributed by atoms with Gasteiger partial charge in [-0.2, -0.15) is 0 Å². The van der Waals surface area contributed by atoms with Crippen LogP contribution in [0.3, 0.4) is 0 Å². The molecular weight excluding hydrogens is 278 g/mol. The molecule has 2 unspecified atom stereocenters. The third-order valence-electron chi connectivity index (χ3n) is 3.30. The fourth-order valence-corrected chi connectivity index (χ4v) is 1.74. The van der Waals surface area contributed by atoms with Crippen molar-refractivity contribution in [3.63, 3.8) is 0 Å². The summed E-state index contributed by atoms with van der Waals surface area (Å²) in [5.41, 5.74) is 0.163. The van der Waals surface area contributed by atoms with Crippen molar-refractivity contribution >= 4 is 17.5 Å². The molecule has 0 fully saturated rings. The Kier molecular flexibility index (Phi) is 5.42. The summed E-state index contributed by atoms with van der Waals surface area (Å²) in [6, 6.07) is 5.23. The van der Waals surface area contributed by atoms with Gasteiger partial charge in [-0.05, 0) is 58.4 Å². The van der Waals surface area contributed by atoms with Gasteiger partial charge in [-0.25, -0.2) is 0 Å². The van der Waals surface area contributed by atoms with E-state index in [1.54, 1.807) is 45.9 Å². The number of nitrogens with one attached hydrogen (secondary N) is 1. The monoisotopic (exact) mass is 299 g/mol.